The van der Waals surface area contributed by atoms with E-state index < -0.39 is 0 Å². The summed E-state index contributed by atoms with van der Waals surface area (Å²) in [4.78, 5) is 0. The van der Waals surface area contributed by atoms with Crippen molar-refractivity contribution in [2.45, 2.75) is 0 Å². The van der Waals surface area contributed by atoms with Crippen molar-refractivity contribution in [1.82, 2.24) is 0 Å². The van der Waals surface area contributed by atoms with E-state index >= 15 is 0 Å². The zero-order chi connectivity index (χ0) is 8.43. The smallest absolute Gasteiger partial charge is 0.0760 e. The molecule has 0 aliphatic rings. The predicted molar refractivity (Wildman–Crippen MR) is 52.8 cm³/mol. The molecule has 0 saturated carbocycles. The van der Waals surface area contributed by atoms with Gasteiger partial charge in [0.15, 0.2) is 0 Å². The molecule has 1 aromatic rings. The van der Waals surface area contributed by atoms with E-state index in [1.807, 2.05) is 12.1 Å². The molecule has 2 nitrogen and oxygen atoms in total. The maximum absolute atomic E-state index is 5.71. The SMILES string of the molecule is CN(Cl)c1cc(Br)ccc1N. The largest absolute Gasteiger partial charge is 0.397 e. The van der Waals surface area contributed by atoms with Gasteiger partial charge in [0.25, 0.3) is 0 Å². The Balaban J connectivity index is 3.13. The average Bonchev–Trinajstić information content (AvgIpc) is 1.94. The number of halogens is 2. The van der Waals surface area contributed by atoms with E-state index in [4.69, 9.17) is 17.5 Å². The molecular formula is C7H8BrClN2. The first-order valence-corrected chi connectivity index (χ1v) is 4.19. The second kappa shape index (κ2) is 3.32. The Morgan fingerprint density at radius 1 is 1.55 bits per heavy atom. The van der Waals surface area contributed by atoms with Crippen LogP contribution in [0.1, 0.15) is 0 Å². The van der Waals surface area contributed by atoms with Gasteiger partial charge < -0.3 is 5.73 Å². The average molecular weight is 236 g/mol. The van der Waals surface area contributed by atoms with Crippen LogP contribution in [0.4, 0.5) is 11.4 Å². The lowest BCUT2D eigenvalue weighted by atomic mass is 10.3. The summed E-state index contributed by atoms with van der Waals surface area (Å²) >= 11 is 9.04. The van der Waals surface area contributed by atoms with Gasteiger partial charge in [-0.3, -0.25) is 4.42 Å². The highest BCUT2D eigenvalue weighted by Crippen LogP contribution is 2.26. The fourth-order valence-electron chi connectivity index (χ4n) is 0.784. The zero-order valence-electron chi connectivity index (χ0n) is 6.01. The van der Waals surface area contributed by atoms with Crippen molar-refractivity contribution in [3.05, 3.63) is 22.7 Å². The molecule has 0 aromatic heterocycles. The molecule has 4 heteroatoms. The number of hydrogen-bond acceptors (Lipinski definition) is 2. The highest BCUT2D eigenvalue weighted by Gasteiger charge is 2.02. The van der Waals surface area contributed by atoms with Crippen molar-refractivity contribution in [3.8, 4) is 0 Å². The van der Waals surface area contributed by atoms with E-state index in [2.05, 4.69) is 15.9 Å². The molecule has 0 saturated heterocycles. The van der Waals surface area contributed by atoms with E-state index in [1.54, 1.807) is 13.1 Å². The monoisotopic (exact) mass is 234 g/mol. The lowest BCUT2D eigenvalue weighted by Gasteiger charge is -2.11. The Morgan fingerprint density at radius 2 is 2.18 bits per heavy atom. The molecule has 0 aliphatic carbocycles. The first-order chi connectivity index (χ1) is 5.11. The lowest BCUT2D eigenvalue weighted by Crippen LogP contribution is -2.03. The van der Waals surface area contributed by atoms with E-state index in [-0.39, 0.29) is 0 Å². The quantitative estimate of drug-likeness (QED) is 0.599. The van der Waals surface area contributed by atoms with Gasteiger partial charge >= 0.3 is 0 Å². The lowest BCUT2D eigenvalue weighted by molar-refractivity contribution is 1.34. The molecular weight excluding hydrogens is 227 g/mol. The van der Waals surface area contributed by atoms with Gasteiger partial charge in [0.2, 0.25) is 0 Å². The van der Waals surface area contributed by atoms with Gasteiger partial charge in [0.05, 0.1) is 11.4 Å². The summed E-state index contributed by atoms with van der Waals surface area (Å²) in [6.45, 7) is 0. The Hall–Kier alpha value is -0.410. The molecule has 0 unspecified atom stereocenters. The molecule has 2 N–H and O–H groups in total. The normalized spacial score (nSPS) is 9.73. The van der Waals surface area contributed by atoms with Crippen LogP contribution in [0.2, 0.25) is 0 Å². The van der Waals surface area contributed by atoms with Gasteiger partial charge in [-0.25, -0.2) is 0 Å². The molecule has 1 rings (SSSR count). The second-order valence-electron chi connectivity index (χ2n) is 2.18. The first-order valence-electron chi connectivity index (χ1n) is 3.06. The Labute approximate surface area is 79.2 Å². The van der Waals surface area contributed by atoms with Crippen LogP contribution in [0.25, 0.3) is 0 Å². The van der Waals surface area contributed by atoms with Crippen molar-refractivity contribution in [3.63, 3.8) is 0 Å². The van der Waals surface area contributed by atoms with Gasteiger partial charge in [0, 0.05) is 23.3 Å². The van der Waals surface area contributed by atoms with Crippen LogP contribution in [0.5, 0.6) is 0 Å². The number of nitrogens with two attached hydrogens (primary N) is 1. The van der Waals surface area contributed by atoms with Crippen molar-refractivity contribution in [2.75, 3.05) is 17.2 Å². The zero-order valence-corrected chi connectivity index (χ0v) is 8.35. The molecule has 0 amide bonds. The van der Waals surface area contributed by atoms with Crippen LogP contribution in [0.15, 0.2) is 22.7 Å². The fourth-order valence-corrected chi connectivity index (χ4v) is 1.28. The highest BCUT2D eigenvalue weighted by atomic mass is 79.9. The van der Waals surface area contributed by atoms with Crippen LogP contribution < -0.4 is 10.2 Å². The minimum atomic E-state index is 0.672. The second-order valence-corrected chi connectivity index (χ2v) is 3.60. The number of anilines is 2. The van der Waals surface area contributed by atoms with E-state index in [0.29, 0.717) is 5.69 Å². The third-order valence-corrected chi connectivity index (χ3v) is 2.00. The molecule has 11 heavy (non-hydrogen) atoms. The fraction of sp³-hybridized carbons (Fsp3) is 0.143. The van der Waals surface area contributed by atoms with Crippen LogP contribution >= 0.6 is 27.7 Å². The Bertz CT molecular complexity index is 263. The summed E-state index contributed by atoms with van der Waals surface area (Å²) in [6, 6.07) is 5.54. The standard InChI is InChI=1S/C7H8BrClN2/c1-11(9)7-4-5(8)2-3-6(7)10/h2-4H,10H2,1H3. The maximum atomic E-state index is 5.71. The third kappa shape index (κ3) is 2.01. The minimum Gasteiger partial charge on any atom is -0.397 e. The molecule has 0 aliphatic heterocycles. The maximum Gasteiger partial charge on any atom is 0.0760 e. The summed E-state index contributed by atoms with van der Waals surface area (Å²) in [6.07, 6.45) is 0. The summed E-state index contributed by atoms with van der Waals surface area (Å²) in [5.41, 5.74) is 7.12. The van der Waals surface area contributed by atoms with Crippen LogP contribution in [0, 0.1) is 0 Å². The van der Waals surface area contributed by atoms with Crippen molar-refractivity contribution >= 4 is 39.1 Å². The number of benzene rings is 1. The summed E-state index contributed by atoms with van der Waals surface area (Å²) < 4.78 is 2.43. The first kappa shape index (κ1) is 8.68. The highest BCUT2D eigenvalue weighted by molar-refractivity contribution is 9.10. The van der Waals surface area contributed by atoms with Gasteiger partial charge in [0.1, 0.15) is 0 Å². The summed E-state index contributed by atoms with van der Waals surface area (Å²) in [5.74, 6) is 0. The van der Waals surface area contributed by atoms with E-state index in [1.165, 1.54) is 4.42 Å². The minimum absolute atomic E-state index is 0.672. The number of nitrogen functional groups attached to an aromatic ring is 1. The molecule has 60 valence electrons. The van der Waals surface area contributed by atoms with Gasteiger partial charge in [-0.15, -0.1) is 0 Å². The molecule has 0 fully saturated rings. The van der Waals surface area contributed by atoms with E-state index in [9.17, 15) is 0 Å². The van der Waals surface area contributed by atoms with Crippen LogP contribution in [-0.2, 0) is 0 Å². The van der Waals surface area contributed by atoms with Gasteiger partial charge in [-0.1, -0.05) is 15.9 Å². The third-order valence-electron chi connectivity index (χ3n) is 1.32. The van der Waals surface area contributed by atoms with Crippen molar-refractivity contribution in [1.29, 1.82) is 0 Å². The Kier molecular flexibility index (Phi) is 2.62. The molecule has 0 radical (unpaired) electrons. The van der Waals surface area contributed by atoms with Crippen LogP contribution in [0.3, 0.4) is 0 Å². The molecule has 0 atom stereocenters. The molecule has 1 aromatic carbocycles. The molecule has 0 spiro atoms. The van der Waals surface area contributed by atoms with Gasteiger partial charge in [-0.05, 0) is 18.2 Å². The molecule has 0 bridgehead atoms. The molecule has 0 heterocycles. The number of nitrogens with zero attached hydrogens (tertiary/aromatic N) is 1. The van der Waals surface area contributed by atoms with Crippen LogP contribution in [-0.4, -0.2) is 7.05 Å². The van der Waals surface area contributed by atoms with Crippen molar-refractivity contribution in [2.24, 2.45) is 0 Å². The predicted octanol–water partition coefficient (Wildman–Crippen LogP) is 2.62. The number of rotatable bonds is 1. The summed E-state index contributed by atoms with van der Waals surface area (Å²) in [5, 5.41) is 0. The summed E-state index contributed by atoms with van der Waals surface area (Å²) in [7, 11) is 1.74. The Morgan fingerprint density at radius 3 is 2.64 bits per heavy atom. The number of hydrogen-bond donors (Lipinski definition) is 1. The van der Waals surface area contributed by atoms with Gasteiger partial charge in [-0.2, -0.15) is 0 Å². The van der Waals surface area contributed by atoms with Crippen molar-refractivity contribution < 1.29 is 0 Å². The topological polar surface area (TPSA) is 29.3 Å². The van der Waals surface area contributed by atoms with E-state index in [0.717, 1.165) is 10.2 Å².